The second-order valence-electron chi connectivity index (χ2n) is 6.83. The minimum absolute atomic E-state index is 0.0676. The van der Waals surface area contributed by atoms with Crippen molar-refractivity contribution in [2.24, 2.45) is 0 Å². The highest BCUT2D eigenvalue weighted by Crippen LogP contribution is 2.33. The molecular formula is C21H21NO5S. The van der Waals surface area contributed by atoms with Crippen LogP contribution in [0.4, 0.5) is 5.69 Å². The van der Waals surface area contributed by atoms with Crippen LogP contribution in [0.2, 0.25) is 0 Å². The summed E-state index contributed by atoms with van der Waals surface area (Å²) in [5.74, 6) is -0.392. The first-order valence-corrected chi connectivity index (χ1v) is 10.1. The molecule has 0 saturated heterocycles. The summed E-state index contributed by atoms with van der Waals surface area (Å²) in [5.41, 5.74) is 2.31. The highest BCUT2D eigenvalue weighted by Gasteiger charge is 2.31. The van der Waals surface area contributed by atoms with Crippen molar-refractivity contribution < 1.29 is 22.4 Å². The molecule has 0 fully saturated rings. The van der Waals surface area contributed by atoms with Gasteiger partial charge in [0.1, 0.15) is 11.3 Å². The Morgan fingerprint density at radius 1 is 0.964 bits per heavy atom. The topological polar surface area (TPSA) is 84.7 Å². The number of rotatable bonds is 4. The third-order valence-corrected chi connectivity index (χ3v) is 6.53. The van der Waals surface area contributed by atoms with Gasteiger partial charge in [0, 0.05) is 12.3 Å². The fourth-order valence-corrected chi connectivity index (χ4v) is 5.08. The second-order valence-corrected chi connectivity index (χ2v) is 8.58. The van der Waals surface area contributed by atoms with E-state index in [0.717, 1.165) is 9.87 Å². The van der Waals surface area contributed by atoms with Crippen LogP contribution in [0.5, 0.6) is 0 Å². The second kappa shape index (κ2) is 6.91. The van der Waals surface area contributed by atoms with Crippen LogP contribution in [0.3, 0.4) is 0 Å². The maximum atomic E-state index is 13.3. The number of furan rings is 1. The van der Waals surface area contributed by atoms with E-state index in [0.29, 0.717) is 27.9 Å². The third kappa shape index (κ3) is 3.22. The van der Waals surface area contributed by atoms with Crippen LogP contribution >= 0.6 is 0 Å². The smallest absolute Gasteiger partial charge is 0.271 e. The monoisotopic (exact) mass is 399 g/mol. The highest BCUT2D eigenvalue weighted by molar-refractivity contribution is 7.93. The number of nitrogens with zero attached hydrogens (tertiary/aromatic N) is 1. The molecule has 7 heteroatoms. The summed E-state index contributed by atoms with van der Waals surface area (Å²) in [5, 5.41) is 0.477. The quantitative estimate of drug-likeness (QED) is 0.611. The Balaban J connectivity index is 2.26. The normalized spacial score (nSPS) is 11.6. The van der Waals surface area contributed by atoms with Gasteiger partial charge in [0.15, 0.2) is 5.78 Å². The molecule has 1 aromatic heterocycles. The number of sulfonamides is 1. The molecule has 2 aromatic carbocycles. The SMILES string of the molecule is CC(=O)c1c(C)oc2ccc(N(C(C)=O)S(=O)(=O)c3cc(C)ccc3C)cc12. The highest BCUT2D eigenvalue weighted by atomic mass is 32.2. The molecule has 1 amide bonds. The number of hydrogen-bond donors (Lipinski definition) is 0. The van der Waals surface area contributed by atoms with E-state index in [4.69, 9.17) is 4.42 Å². The number of carbonyl (C=O) groups excluding carboxylic acids is 2. The first-order valence-electron chi connectivity index (χ1n) is 8.71. The number of benzene rings is 2. The zero-order valence-corrected chi connectivity index (χ0v) is 17.2. The summed E-state index contributed by atoms with van der Waals surface area (Å²) in [7, 11) is -4.13. The van der Waals surface area contributed by atoms with Crippen molar-refractivity contribution in [2.75, 3.05) is 4.31 Å². The van der Waals surface area contributed by atoms with Gasteiger partial charge in [-0.3, -0.25) is 9.59 Å². The van der Waals surface area contributed by atoms with Crippen LogP contribution in [0.1, 0.15) is 41.1 Å². The predicted molar refractivity (Wildman–Crippen MR) is 107 cm³/mol. The number of Topliss-reactive ketones (excluding diaryl/α,β-unsaturated/α-hetero) is 1. The van der Waals surface area contributed by atoms with Crippen LogP contribution in [0.15, 0.2) is 45.7 Å². The van der Waals surface area contributed by atoms with Gasteiger partial charge >= 0.3 is 0 Å². The van der Waals surface area contributed by atoms with Gasteiger partial charge in [-0.05, 0) is 63.1 Å². The van der Waals surface area contributed by atoms with Gasteiger partial charge in [0.25, 0.3) is 10.0 Å². The maximum absolute atomic E-state index is 13.3. The van der Waals surface area contributed by atoms with Crippen LogP contribution in [0, 0.1) is 20.8 Å². The van der Waals surface area contributed by atoms with Crippen molar-refractivity contribution in [1.29, 1.82) is 0 Å². The summed E-state index contributed by atoms with van der Waals surface area (Å²) < 4.78 is 33.0. The summed E-state index contributed by atoms with van der Waals surface area (Å²) in [6, 6.07) is 9.63. The number of ketones is 1. The van der Waals surface area contributed by atoms with Crippen LogP contribution in [0.25, 0.3) is 11.0 Å². The van der Waals surface area contributed by atoms with E-state index in [1.165, 1.54) is 26.0 Å². The molecule has 6 nitrogen and oxygen atoms in total. The fraction of sp³-hybridized carbons (Fsp3) is 0.238. The number of amides is 1. The van der Waals surface area contributed by atoms with Gasteiger partial charge in [-0.25, -0.2) is 12.7 Å². The fourth-order valence-electron chi connectivity index (χ4n) is 3.35. The number of anilines is 1. The first kappa shape index (κ1) is 19.8. The van der Waals surface area contributed by atoms with Crippen molar-refractivity contribution >= 4 is 38.4 Å². The number of aryl methyl sites for hydroxylation is 3. The van der Waals surface area contributed by atoms with Gasteiger partial charge in [-0.1, -0.05) is 12.1 Å². The van der Waals surface area contributed by atoms with E-state index in [1.54, 1.807) is 39.0 Å². The third-order valence-electron chi connectivity index (χ3n) is 4.58. The number of fused-ring (bicyclic) bond motifs is 1. The van der Waals surface area contributed by atoms with E-state index < -0.39 is 15.9 Å². The van der Waals surface area contributed by atoms with Crippen LogP contribution in [-0.2, 0) is 14.8 Å². The van der Waals surface area contributed by atoms with Crippen molar-refractivity contribution in [1.82, 2.24) is 0 Å². The maximum Gasteiger partial charge on any atom is 0.271 e. The Bertz CT molecular complexity index is 1220. The molecule has 0 aliphatic rings. The molecule has 3 aromatic rings. The molecule has 0 aliphatic heterocycles. The Morgan fingerprint density at radius 2 is 1.64 bits per heavy atom. The van der Waals surface area contributed by atoms with Crippen molar-refractivity contribution in [3.63, 3.8) is 0 Å². The minimum atomic E-state index is -4.13. The zero-order valence-electron chi connectivity index (χ0n) is 16.4. The molecule has 0 unspecified atom stereocenters. The summed E-state index contributed by atoms with van der Waals surface area (Å²) >= 11 is 0. The standard InChI is InChI=1S/C21H21NO5S/c1-12-6-7-13(2)20(10-12)28(25,26)22(16(5)24)17-8-9-19-18(11-17)21(14(3)23)15(4)27-19/h6-11H,1-5H3. The van der Waals surface area contributed by atoms with Crippen molar-refractivity contribution in [3.8, 4) is 0 Å². The van der Waals surface area contributed by atoms with Gasteiger partial charge < -0.3 is 4.42 Å². The lowest BCUT2D eigenvalue weighted by Gasteiger charge is -2.22. The lowest BCUT2D eigenvalue weighted by Crippen LogP contribution is -2.35. The van der Waals surface area contributed by atoms with E-state index >= 15 is 0 Å². The molecule has 28 heavy (non-hydrogen) atoms. The average Bonchev–Trinajstić information content (AvgIpc) is 2.91. The Hall–Kier alpha value is -2.93. The molecule has 0 N–H and O–H groups in total. The molecule has 1 heterocycles. The molecule has 0 bridgehead atoms. The van der Waals surface area contributed by atoms with Crippen molar-refractivity contribution in [2.45, 2.75) is 39.5 Å². The first-order chi connectivity index (χ1) is 13.0. The Kier molecular flexibility index (Phi) is 4.89. The van der Waals surface area contributed by atoms with E-state index in [1.807, 2.05) is 6.07 Å². The molecule has 0 spiro atoms. The molecule has 0 saturated carbocycles. The van der Waals surface area contributed by atoms with E-state index in [9.17, 15) is 18.0 Å². The lowest BCUT2D eigenvalue weighted by atomic mass is 10.1. The van der Waals surface area contributed by atoms with Crippen LogP contribution < -0.4 is 4.31 Å². The molecular weight excluding hydrogens is 378 g/mol. The number of carbonyl (C=O) groups is 2. The molecule has 0 atom stereocenters. The lowest BCUT2D eigenvalue weighted by molar-refractivity contribution is -0.115. The van der Waals surface area contributed by atoms with Crippen molar-refractivity contribution in [3.05, 3.63) is 58.8 Å². The van der Waals surface area contributed by atoms with Gasteiger partial charge in [-0.15, -0.1) is 0 Å². The zero-order chi connectivity index (χ0) is 20.8. The van der Waals surface area contributed by atoms with Gasteiger partial charge in [0.05, 0.1) is 16.1 Å². The molecule has 0 aliphatic carbocycles. The summed E-state index contributed by atoms with van der Waals surface area (Å²) in [6.45, 7) is 7.75. The number of hydrogen-bond acceptors (Lipinski definition) is 5. The largest absolute Gasteiger partial charge is 0.461 e. The Labute approximate surface area is 163 Å². The summed E-state index contributed by atoms with van der Waals surface area (Å²) in [4.78, 5) is 24.4. The van der Waals surface area contributed by atoms with Gasteiger partial charge in [-0.2, -0.15) is 0 Å². The average molecular weight is 399 g/mol. The summed E-state index contributed by atoms with van der Waals surface area (Å²) in [6.07, 6.45) is 0. The predicted octanol–water partition coefficient (Wildman–Crippen LogP) is 4.30. The minimum Gasteiger partial charge on any atom is -0.461 e. The molecule has 3 rings (SSSR count). The van der Waals surface area contributed by atoms with Gasteiger partial charge in [0.2, 0.25) is 5.91 Å². The van der Waals surface area contributed by atoms with Crippen LogP contribution in [-0.4, -0.2) is 20.1 Å². The molecule has 146 valence electrons. The van der Waals surface area contributed by atoms with E-state index in [-0.39, 0.29) is 16.4 Å². The molecule has 0 radical (unpaired) electrons. The Morgan fingerprint density at radius 3 is 2.25 bits per heavy atom. The van der Waals surface area contributed by atoms with E-state index in [2.05, 4.69) is 0 Å².